The maximum absolute atomic E-state index is 12.3. The number of non-ortho nitro benzene ring substituents is 1. The summed E-state index contributed by atoms with van der Waals surface area (Å²) in [7, 11) is 1.28. The smallest absolute Gasteiger partial charge is 0.313 e. The summed E-state index contributed by atoms with van der Waals surface area (Å²) in [5.41, 5.74) is 1.34. The number of carbonyl (C=O) groups is 2. The third-order valence-electron chi connectivity index (χ3n) is 3.90. The Labute approximate surface area is 139 Å². The molecule has 2 aromatic rings. The van der Waals surface area contributed by atoms with Crippen LogP contribution in [0.1, 0.15) is 29.4 Å². The van der Waals surface area contributed by atoms with E-state index in [0.29, 0.717) is 5.56 Å². The Bertz CT molecular complexity index is 712. The lowest BCUT2D eigenvalue weighted by Crippen LogP contribution is -2.22. The average molecular weight is 327 g/mol. The predicted octanol–water partition coefficient (Wildman–Crippen LogP) is 3.22. The standard InChI is InChI=1S/C18H17NO5/c1-24-18(21)17(14-7-9-15(10-8-14)19(22)23)16(11-12-20)13-5-3-2-4-6-13/h2-10,12,16-17H,11H2,1H3/t16-,17-/m1/s1. The molecular weight excluding hydrogens is 310 g/mol. The van der Waals surface area contributed by atoms with Crippen LogP contribution in [0.5, 0.6) is 0 Å². The van der Waals surface area contributed by atoms with Crippen molar-refractivity contribution in [3.63, 3.8) is 0 Å². The SMILES string of the molecule is COC(=O)[C@H](c1ccc([N+](=O)[O-])cc1)[C@H](CC=O)c1ccccc1. The van der Waals surface area contributed by atoms with E-state index in [1.54, 1.807) is 0 Å². The Morgan fingerprint density at radius 3 is 2.25 bits per heavy atom. The molecule has 0 aliphatic heterocycles. The number of aldehydes is 1. The van der Waals surface area contributed by atoms with Crippen LogP contribution >= 0.6 is 0 Å². The first-order valence-electron chi connectivity index (χ1n) is 7.39. The molecule has 2 atom stereocenters. The minimum absolute atomic E-state index is 0.0611. The highest BCUT2D eigenvalue weighted by molar-refractivity contribution is 5.80. The lowest BCUT2D eigenvalue weighted by atomic mass is 9.79. The van der Waals surface area contributed by atoms with Crippen molar-refractivity contribution in [2.75, 3.05) is 7.11 Å². The first-order valence-corrected chi connectivity index (χ1v) is 7.39. The molecular formula is C18H17NO5. The summed E-state index contributed by atoms with van der Waals surface area (Å²) in [6.07, 6.45) is 0.903. The highest BCUT2D eigenvalue weighted by Gasteiger charge is 2.32. The van der Waals surface area contributed by atoms with E-state index in [1.165, 1.54) is 31.4 Å². The first-order chi connectivity index (χ1) is 11.6. The van der Waals surface area contributed by atoms with Crippen molar-refractivity contribution in [1.29, 1.82) is 0 Å². The second-order valence-electron chi connectivity index (χ2n) is 5.27. The molecule has 0 saturated carbocycles. The Morgan fingerprint density at radius 2 is 1.75 bits per heavy atom. The maximum Gasteiger partial charge on any atom is 0.313 e. The van der Waals surface area contributed by atoms with Crippen LogP contribution in [-0.2, 0) is 14.3 Å². The van der Waals surface area contributed by atoms with Crippen LogP contribution in [0.4, 0.5) is 5.69 Å². The first kappa shape index (κ1) is 17.3. The number of hydrogen-bond acceptors (Lipinski definition) is 5. The quantitative estimate of drug-likeness (QED) is 0.337. The van der Waals surface area contributed by atoms with Crippen LogP contribution in [-0.4, -0.2) is 24.3 Å². The topological polar surface area (TPSA) is 86.5 Å². The second kappa shape index (κ2) is 8.01. The number of rotatable bonds is 7. The normalized spacial score (nSPS) is 12.9. The van der Waals surface area contributed by atoms with Crippen molar-refractivity contribution < 1.29 is 19.2 Å². The van der Waals surface area contributed by atoms with Crippen LogP contribution in [0.15, 0.2) is 54.6 Å². The zero-order valence-corrected chi connectivity index (χ0v) is 13.1. The summed E-state index contributed by atoms with van der Waals surface area (Å²) in [5, 5.41) is 10.8. The molecule has 0 saturated heterocycles. The summed E-state index contributed by atoms with van der Waals surface area (Å²) >= 11 is 0. The number of carbonyl (C=O) groups excluding carboxylic acids is 2. The number of methoxy groups -OCH3 is 1. The van der Waals surface area contributed by atoms with Gasteiger partial charge in [-0.3, -0.25) is 14.9 Å². The van der Waals surface area contributed by atoms with Gasteiger partial charge in [0.05, 0.1) is 18.0 Å². The molecule has 0 heterocycles. The third-order valence-corrected chi connectivity index (χ3v) is 3.90. The molecule has 2 aromatic carbocycles. The summed E-state index contributed by atoms with van der Waals surface area (Å²) in [6, 6.07) is 14.9. The van der Waals surface area contributed by atoms with Crippen molar-refractivity contribution >= 4 is 17.9 Å². The van der Waals surface area contributed by atoms with E-state index in [0.717, 1.165) is 11.8 Å². The maximum atomic E-state index is 12.3. The van der Waals surface area contributed by atoms with Gasteiger partial charge in [-0.05, 0) is 11.1 Å². The molecule has 24 heavy (non-hydrogen) atoms. The Morgan fingerprint density at radius 1 is 1.12 bits per heavy atom. The number of esters is 1. The number of hydrogen-bond donors (Lipinski definition) is 0. The van der Waals surface area contributed by atoms with Gasteiger partial charge in [0.15, 0.2) is 0 Å². The highest BCUT2D eigenvalue weighted by atomic mass is 16.6. The third kappa shape index (κ3) is 3.84. The van der Waals surface area contributed by atoms with Gasteiger partial charge in [-0.2, -0.15) is 0 Å². The molecule has 0 amide bonds. The molecule has 6 heteroatoms. The zero-order valence-electron chi connectivity index (χ0n) is 13.1. The molecule has 124 valence electrons. The van der Waals surface area contributed by atoms with Crippen LogP contribution < -0.4 is 0 Å². The monoisotopic (exact) mass is 327 g/mol. The molecule has 0 unspecified atom stereocenters. The minimum Gasteiger partial charge on any atom is -0.469 e. The molecule has 2 rings (SSSR count). The van der Waals surface area contributed by atoms with Crippen LogP contribution in [0.3, 0.4) is 0 Å². The molecule has 0 bridgehead atoms. The van der Waals surface area contributed by atoms with Gasteiger partial charge in [0.2, 0.25) is 0 Å². The van der Waals surface area contributed by atoms with E-state index >= 15 is 0 Å². The average Bonchev–Trinajstić information content (AvgIpc) is 2.62. The van der Waals surface area contributed by atoms with E-state index < -0.39 is 22.7 Å². The summed E-state index contributed by atoms with van der Waals surface area (Å²) < 4.78 is 4.90. The van der Waals surface area contributed by atoms with Gasteiger partial charge < -0.3 is 9.53 Å². The van der Waals surface area contributed by atoms with E-state index in [-0.39, 0.29) is 12.1 Å². The van der Waals surface area contributed by atoms with Crippen molar-refractivity contribution in [1.82, 2.24) is 0 Å². The fraction of sp³-hybridized carbons (Fsp3) is 0.222. The molecule has 0 aromatic heterocycles. The number of benzene rings is 2. The van der Waals surface area contributed by atoms with Gasteiger partial charge in [0, 0.05) is 24.5 Å². The Hall–Kier alpha value is -3.02. The van der Waals surface area contributed by atoms with Gasteiger partial charge >= 0.3 is 5.97 Å². The number of nitro benzene ring substituents is 1. The van der Waals surface area contributed by atoms with Gasteiger partial charge in [-0.25, -0.2) is 0 Å². The summed E-state index contributed by atoms with van der Waals surface area (Å²) in [5.74, 6) is -1.61. The Balaban J connectivity index is 2.47. The summed E-state index contributed by atoms with van der Waals surface area (Å²) in [4.78, 5) is 33.8. The van der Waals surface area contributed by atoms with E-state index in [2.05, 4.69) is 0 Å². The largest absolute Gasteiger partial charge is 0.469 e. The van der Waals surface area contributed by atoms with Gasteiger partial charge in [-0.15, -0.1) is 0 Å². The van der Waals surface area contributed by atoms with E-state index in [9.17, 15) is 19.7 Å². The lowest BCUT2D eigenvalue weighted by molar-refractivity contribution is -0.384. The van der Waals surface area contributed by atoms with E-state index in [1.807, 2.05) is 30.3 Å². The molecule has 0 N–H and O–H groups in total. The molecule has 6 nitrogen and oxygen atoms in total. The predicted molar refractivity (Wildman–Crippen MR) is 87.7 cm³/mol. The number of nitro groups is 1. The Kier molecular flexibility index (Phi) is 5.78. The van der Waals surface area contributed by atoms with Gasteiger partial charge in [-0.1, -0.05) is 42.5 Å². The summed E-state index contributed by atoms with van der Waals surface area (Å²) in [6.45, 7) is 0. The molecule has 0 aliphatic carbocycles. The second-order valence-corrected chi connectivity index (χ2v) is 5.27. The molecule has 0 radical (unpaired) electrons. The van der Waals surface area contributed by atoms with Crippen LogP contribution in [0.2, 0.25) is 0 Å². The fourth-order valence-electron chi connectivity index (χ4n) is 2.73. The highest BCUT2D eigenvalue weighted by Crippen LogP contribution is 2.36. The van der Waals surface area contributed by atoms with E-state index in [4.69, 9.17) is 4.74 Å². The van der Waals surface area contributed by atoms with Gasteiger partial charge in [0.25, 0.3) is 5.69 Å². The zero-order chi connectivity index (χ0) is 17.5. The lowest BCUT2D eigenvalue weighted by Gasteiger charge is -2.24. The van der Waals surface area contributed by atoms with Crippen molar-refractivity contribution in [2.24, 2.45) is 0 Å². The van der Waals surface area contributed by atoms with Crippen LogP contribution in [0, 0.1) is 10.1 Å². The van der Waals surface area contributed by atoms with Crippen molar-refractivity contribution in [3.8, 4) is 0 Å². The molecule has 0 spiro atoms. The minimum atomic E-state index is -0.719. The van der Waals surface area contributed by atoms with Gasteiger partial charge in [0.1, 0.15) is 6.29 Å². The van der Waals surface area contributed by atoms with Crippen molar-refractivity contribution in [2.45, 2.75) is 18.3 Å². The fourth-order valence-corrected chi connectivity index (χ4v) is 2.73. The number of nitrogens with zero attached hydrogens (tertiary/aromatic N) is 1. The molecule has 0 fully saturated rings. The number of ether oxygens (including phenoxy) is 1. The molecule has 0 aliphatic rings. The van der Waals surface area contributed by atoms with Crippen LogP contribution in [0.25, 0.3) is 0 Å². The van der Waals surface area contributed by atoms with Crippen molar-refractivity contribution in [3.05, 3.63) is 75.8 Å².